The van der Waals surface area contributed by atoms with Gasteiger partial charge in [-0.1, -0.05) is 52.4 Å². The SMILES string of the molecule is CC(C)CC1(CNCC(O)CC2CCCC2)CCCC1. The highest BCUT2D eigenvalue weighted by Crippen LogP contribution is 2.42. The maximum Gasteiger partial charge on any atom is 0.0667 e. The van der Waals surface area contributed by atoms with E-state index in [4.69, 9.17) is 0 Å². The van der Waals surface area contributed by atoms with Crippen LogP contribution in [-0.4, -0.2) is 24.3 Å². The fourth-order valence-electron chi connectivity index (χ4n) is 4.66. The summed E-state index contributed by atoms with van der Waals surface area (Å²) in [5, 5.41) is 13.8. The maximum atomic E-state index is 10.2. The molecular weight excluding hydrogens is 246 g/mol. The van der Waals surface area contributed by atoms with E-state index >= 15 is 0 Å². The minimum Gasteiger partial charge on any atom is -0.392 e. The summed E-state index contributed by atoms with van der Waals surface area (Å²) in [7, 11) is 0. The smallest absolute Gasteiger partial charge is 0.0667 e. The van der Waals surface area contributed by atoms with E-state index in [9.17, 15) is 5.11 Å². The van der Waals surface area contributed by atoms with Crippen molar-refractivity contribution in [2.45, 2.75) is 84.2 Å². The summed E-state index contributed by atoms with van der Waals surface area (Å²) >= 11 is 0. The number of nitrogens with one attached hydrogen (secondary N) is 1. The van der Waals surface area contributed by atoms with Crippen molar-refractivity contribution in [1.82, 2.24) is 5.32 Å². The van der Waals surface area contributed by atoms with E-state index in [1.165, 1.54) is 57.8 Å². The van der Waals surface area contributed by atoms with Gasteiger partial charge in [0.25, 0.3) is 0 Å². The molecule has 0 heterocycles. The van der Waals surface area contributed by atoms with Crippen molar-refractivity contribution in [3.8, 4) is 0 Å². The molecule has 2 heteroatoms. The van der Waals surface area contributed by atoms with Crippen molar-refractivity contribution in [2.24, 2.45) is 17.3 Å². The molecule has 0 spiro atoms. The summed E-state index contributed by atoms with van der Waals surface area (Å²) in [6, 6.07) is 0. The lowest BCUT2D eigenvalue weighted by molar-refractivity contribution is 0.131. The topological polar surface area (TPSA) is 32.3 Å². The molecular formula is C18H35NO. The minimum atomic E-state index is -0.129. The summed E-state index contributed by atoms with van der Waals surface area (Å²) in [4.78, 5) is 0. The number of aliphatic hydroxyl groups excluding tert-OH is 1. The van der Waals surface area contributed by atoms with Crippen molar-refractivity contribution < 1.29 is 5.11 Å². The van der Waals surface area contributed by atoms with Crippen molar-refractivity contribution >= 4 is 0 Å². The molecule has 1 atom stereocenters. The fourth-order valence-corrected chi connectivity index (χ4v) is 4.66. The molecule has 2 aliphatic carbocycles. The van der Waals surface area contributed by atoms with Gasteiger partial charge in [0.15, 0.2) is 0 Å². The summed E-state index contributed by atoms with van der Waals surface area (Å²) < 4.78 is 0. The van der Waals surface area contributed by atoms with Gasteiger partial charge in [0.1, 0.15) is 0 Å². The molecule has 2 N–H and O–H groups in total. The van der Waals surface area contributed by atoms with Crippen LogP contribution in [0, 0.1) is 17.3 Å². The monoisotopic (exact) mass is 281 g/mol. The summed E-state index contributed by atoms with van der Waals surface area (Å²) in [6.45, 7) is 6.60. The Labute approximate surface area is 125 Å². The molecule has 118 valence electrons. The molecule has 1 unspecified atom stereocenters. The Kier molecular flexibility index (Phi) is 6.35. The van der Waals surface area contributed by atoms with Gasteiger partial charge in [-0.25, -0.2) is 0 Å². The molecule has 0 radical (unpaired) electrons. The quantitative estimate of drug-likeness (QED) is 0.701. The zero-order valence-corrected chi connectivity index (χ0v) is 13.7. The first-order valence-corrected chi connectivity index (χ1v) is 8.98. The molecule has 2 rings (SSSR count). The molecule has 0 aromatic rings. The largest absolute Gasteiger partial charge is 0.392 e. The third kappa shape index (κ3) is 5.04. The first kappa shape index (κ1) is 16.3. The Bertz CT molecular complexity index is 265. The summed E-state index contributed by atoms with van der Waals surface area (Å²) in [5.74, 6) is 1.58. The summed E-state index contributed by atoms with van der Waals surface area (Å²) in [6.07, 6.45) is 13.2. The molecule has 20 heavy (non-hydrogen) atoms. The van der Waals surface area contributed by atoms with Crippen molar-refractivity contribution in [3.05, 3.63) is 0 Å². The molecule has 2 nitrogen and oxygen atoms in total. The molecule has 2 saturated carbocycles. The molecule has 2 fully saturated rings. The van der Waals surface area contributed by atoms with Gasteiger partial charge in [-0.15, -0.1) is 0 Å². The van der Waals surface area contributed by atoms with Crippen LogP contribution >= 0.6 is 0 Å². The van der Waals surface area contributed by atoms with Gasteiger partial charge < -0.3 is 10.4 Å². The lowest BCUT2D eigenvalue weighted by Crippen LogP contribution is -2.37. The maximum absolute atomic E-state index is 10.2. The van der Waals surface area contributed by atoms with Crippen LogP contribution in [-0.2, 0) is 0 Å². The second-order valence-corrected chi connectivity index (χ2v) is 7.98. The molecule has 0 bridgehead atoms. The summed E-state index contributed by atoms with van der Waals surface area (Å²) in [5.41, 5.74) is 0.529. The Morgan fingerprint density at radius 1 is 1.10 bits per heavy atom. The van der Waals surface area contributed by atoms with Crippen molar-refractivity contribution in [3.63, 3.8) is 0 Å². The van der Waals surface area contributed by atoms with E-state index in [1.54, 1.807) is 0 Å². The Morgan fingerprint density at radius 3 is 2.35 bits per heavy atom. The minimum absolute atomic E-state index is 0.129. The standard InChI is InChI=1S/C18H35NO/c1-15(2)12-18(9-5-6-10-18)14-19-13-17(20)11-16-7-3-4-8-16/h15-17,19-20H,3-14H2,1-2H3. The van der Waals surface area contributed by atoms with Crippen LogP contribution in [0.5, 0.6) is 0 Å². The number of hydrogen-bond donors (Lipinski definition) is 2. The van der Waals surface area contributed by atoms with E-state index in [-0.39, 0.29) is 6.10 Å². The van der Waals surface area contributed by atoms with Gasteiger partial charge in [0.05, 0.1) is 6.10 Å². The van der Waals surface area contributed by atoms with Crippen LogP contribution in [0.15, 0.2) is 0 Å². The van der Waals surface area contributed by atoms with E-state index in [1.807, 2.05) is 0 Å². The highest BCUT2D eigenvalue weighted by Gasteiger charge is 2.34. The number of hydrogen-bond acceptors (Lipinski definition) is 2. The van der Waals surface area contributed by atoms with Crippen LogP contribution in [0.4, 0.5) is 0 Å². The number of aliphatic hydroxyl groups is 1. The predicted molar refractivity (Wildman–Crippen MR) is 85.8 cm³/mol. The van der Waals surface area contributed by atoms with E-state index in [0.29, 0.717) is 5.41 Å². The average Bonchev–Trinajstić information content (AvgIpc) is 3.00. The van der Waals surface area contributed by atoms with Crippen LogP contribution in [0.1, 0.15) is 78.1 Å². The van der Waals surface area contributed by atoms with Crippen LogP contribution in [0.25, 0.3) is 0 Å². The lowest BCUT2D eigenvalue weighted by atomic mass is 9.78. The van der Waals surface area contributed by atoms with E-state index in [0.717, 1.165) is 31.3 Å². The zero-order chi connectivity index (χ0) is 14.4. The zero-order valence-electron chi connectivity index (χ0n) is 13.7. The molecule has 0 amide bonds. The molecule has 0 aromatic carbocycles. The van der Waals surface area contributed by atoms with Gasteiger partial charge in [-0.3, -0.25) is 0 Å². The average molecular weight is 281 g/mol. The predicted octanol–water partition coefficient (Wildman–Crippen LogP) is 4.12. The third-order valence-electron chi connectivity index (χ3n) is 5.47. The van der Waals surface area contributed by atoms with Crippen LogP contribution in [0.2, 0.25) is 0 Å². The van der Waals surface area contributed by atoms with Gasteiger partial charge in [0.2, 0.25) is 0 Å². The fraction of sp³-hybridized carbons (Fsp3) is 1.00. The Balaban J connectivity index is 1.67. The molecule has 0 saturated heterocycles. The molecule has 0 aliphatic heterocycles. The molecule has 2 aliphatic rings. The Morgan fingerprint density at radius 2 is 1.75 bits per heavy atom. The highest BCUT2D eigenvalue weighted by molar-refractivity contribution is 4.87. The van der Waals surface area contributed by atoms with Gasteiger partial charge in [-0.2, -0.15) is 0 Å². The van der Waals surface area contributed by atoms with Gasteiger partial charge in [0, 0.05) is 13.1 Å². The van der Waals surface area contributed by atoms with Crippen LogP contribution < -0.4 is 5.32 Å². The normalized spacial score (nSPS) is 24.6. The van der Waals surface area contributed by atoms with Gasteiger partial charge in [-0.05, 0) is 42.9 Å². The van der Waals surface area contributed by atoms with E-state index < -0.39 is 0 Å². The highest BCUT2D eigenvalue weighted by atomic mass is 16.3. The van der Waals surface area contributed by atoms with Crippen molar-refractivity contribution in [1.29, 1.82) is 0 Å². The lowest BCUT2D eigenvalue weighted by Gasteiger charge is -2.32. The van der Waals surface area contributed by atoms with Gasteiger partial charge >= 0.3 is 0 Å². The second-order valence-electron chi connectivity index (χ2n) is 7.98. The molecule has 0 aromatic heterocycles. The second kappa shape index (κ2) is 7.79. The first-order valence-electron chi connectivity index (χ1n) is 8.98. The van der Waals surface area contributed by atoms with Crippen molar-refractivity contribution in [2.75, 3.05) is 13.1 Å². The Hall–Kier alpha value is -0.0800. The number of rotatable bonds is 8. The first-order chi connectivity index (χ1) is 9.60. The van der Waals surface area contributed by atoms with E-state index in [2.05, 4.69) is 19.2 Å². The van der Waals surface area contributed by atoms with Crippen LogP contribution in [0.3, 0.4) is 0 Å². The third-order valence-corrected chi connectivity index (χ3v) is 5.47.